The molecule has 4 rings (SSSR count). The second-order valence-corrected chi connectivity index (χ2v) is 7.41. The molecule has 2 aromatic rings. The molecule has 5 heteroatoms. The number of nitrogens with one attached hydrogen (secondary N) is 1. The van der Waals surface area contributed by atoms with Crippen LogP contribution in [-0.2, 0) is 11.3 Å². The maximum Gasteiger partial charge on any atom is 0.323 e. The van der Waals surface area contributed by atoms with E-state index in [1.165, 1.54) is 0 Å². The summed E-state index contributed by atoms with van der Waals surface area (Å²) in [5, 5.41) is 13.0. The summed E-state index contributed by atoms with van der Waals surface area (Å²) in [6.07, 6.45) is 4.33. The van der Waals surface area contributed by atoms with Crippen LogP contribution >= 0.6 is 0 Å². The first kappa shape index (κ1) is 17.9. The van der Waals surface area contributed by atoms with Gasteiger partial charge in [-0.25, -0.2) is 0 Å². The molecule has 27 heavy (non-hydrogen) atoms. The second kappa shape index (κ2) is 7.61. The van der Waals surface area contributed by atoms with Crippen molar-refractivity contribution in [3.05, 3.63) is 59.7 Å². The highest BCUT2D eigenvalue weighted by atomic mass is 16.6. The van der Waals surface area contributed by atoms with E-state index in [2.05, 4.69) is 5.32 Å². The fourth-order valence-electron chi connectivity index (χ4n) is 3.93. The van der Waals surface area contributed by atoms with Crippen LogP contribution in [-0.4, -0.2) is 23.2 Å². The normalized spacial score (nSPS) is 20.8. The zero-order valence-electron chi connectivity index (χ0n) is 15.3. The molecule has 2 aromatic carbocycles. The SMILES string of the molecule is O=C(O)C1(NCc2ccc([C@H]3COc4ccccc4O3)cc2)CCCCC1. The summed E-state index contributed by atoms with van der Waals surface area (Å²) < 4.78 is 11.8. The Morgan fingerprint density at radius 1 is 1.04 bits per heavy atom. The van der Waals surface area contributed by atoms with Crippen molar-refractivity contribution < 1.29 is 19.4 Å². The zero-order valence-corrected chi connectivity index (χ0v) is 15.3. The molecule has 1 aliphatic heterocycles. The highest BCUT2D eigenvalue weighted by Crippen LogP contribution is 2.36. The number of carbonyl (C=O) groups is 1. The molecular weight excluding hydrogens is 342 g/mol. The summed E-state index contributed by atoms with van der Waals surface area (Å²) >= 11 is 0. The van der Waals surface area contributed by atoms with Crippen molar-refractivity contribution in [3.8, 4) is 11.5 Å². The number of hydrogen-bond acceptors (Lipinski definition) is 4. The van der Waals surface area contributed by atoms with Crippen molar-refractivity contribution in [2.45, 2.75) is 50.3 Å². The van der Waals surface area contributed by atoms with Crippen LogP contribution in [0.25, 0.3) is 0 Å². The topological polar surface area (TPSA) is 67.8 Å². The molecule has 0 bridgehead atoms. The van der Waals surface area contributed by atoms with Crippen LogP contribution in [0, 0.1) is 0 Å². The van der Waals surface area contributed by atoms with Gasteiger partial charge in [-0.2, -0.15) is 0 Å². The molecule has 0 unspecified atom stereocenters. The lowest BCUT2D eigenvalue weighted by Gasteiger charge is -2.34. The Morgan fingerprint density at radius 3 is 2.44 bits per heavy atom. The number of hydrogen-bond donors (Lipinski definition) is 2. The standard InChI is InChI=1S/C22H25NO4/c24-21(25)22(12-4-1-5-13-22)23-14-16-8-10-17(11-9-16)20-15-26-18-6-2-3-7-19(18)27-20/h2-3,6-11,20,23H,1,4-5,12-15H2,(H,24,25)/t20-/m1/s1. The molecule has 2 N–H and O–H groups in total. The molecule has 0 radical (unpaired) electrons. The number of carboxylic acid groups (broad SMARTS) is 1. The lowest BCUT2D eigenvalue weighted by molar-refractivity contribution is -0.146. The van der Waals surface area contributed by atoms with Crippen molar-refractivity contribution in [1.29, 1.82) is 0 Å². The Balaban J connectivity index is 1.40. The van der Waals surface area contributed by atoms with E-state index < -0.39 is 11.5 Å². The van der Waals surface area contributed by atoms with E-state index in [4.69, 9.17) is 9.47 Å². The van der Waals surface area contributed by atoms with E-state index in [-0.39, 0.29) is 6.10 Å². The smallest absolute Gasteiger partial charge is 0.323 e. The van der Waals surface area contributed by atoms with Gasteiger partial charge in [0.1, 0.15) is 12.1 Å². The van der Waals surface area contributed by atoms with Crippen LogP contribution in [0.5, 0.6) is 11.5 Å². The highest BCUT2D eigenvalue weighted by molar-refractivity contribution is 5.78. The Kier molecular flexibility index (Phi) is 5.03. The van der Waals surface area contributed by atoms with E-state index in [0.29, 0.717) is 26.0 Å². The van der Waals surface area contributed by atoms with Crippen LogP contribution in [0.3, 0.4) is 0 Å². The Labute approximate surface area is 159 Å². The molecule has 0 amide bonds. The summed E-state index contributed by atoms with van der Waals surface area (Å²) in [5.41, 5.74) is 1.35. The first-order valence-corrected chi connectivity index (χ1v) is 9.62. The van der Waals surface area contributed by atoms with Crippen molar-refractivity contribution in [3.63, 3.8) is 0 Å². The first-order valence-electron chi connectivity index (χ1n) is 9.62. The maximum atomic E-state index is 11.8. The lowest BCUT2D eigenvalue weighted by atomic mass is 9.81. The maximum absolute atomic E-state index is 11.8. The molecule has 142 valence electrons. The van der Waals surface area contributed by atoms with Gasteiger partial charge < -0.3 is 14.6 Å². The highest BCUT2D eigenvalue weighted by Gasteiger charge is 2.38. The summed E-state index contributed by atoms with van der Waals surface area (Å²) in [6.45, 7) is 1.04. The summed E-state index contributed by atoms with van der Waals surface area (Å²) in [5.74, 6) is 0.812. The van der Waals surface area contributed by atoms with E-state index in [1.807, 2.05) is 48.5 Å². The van der Waals surface area contributed by atoms with Crippen molar-refractivity contribution in [1.82, 2.24) is 5.32 Å². The van der Waals surface area contributed by atoms with Crippen LogP contribution in [0.15, 0.2) is 48.5 Å². The Bertz CT molecular complexity index is 796. The largest absolute Gasteiger partial charge is 0.485 e. The second-order valence-electron chi connectivity index (χ2n) is 7.41. The number of rotatable bonds is 5. The molecule has 2 aliphatic rings. The minimum absolute atomic E-state index is 0.134. The van der Waals surface area contributed by atoms with Gasteiger partial charge in [0.2, 0.25) is 0 Å². The number of ether oxygens (including phenoxy) is 2. The molecule has 1 heterocycles. The third-order valence-electron chi connectivity index (χ3n) is 5.61. The third kappa shape index (κ3) is 3.78. The number of fused-ring (bicyclic) bond motifs is 1. The molecular formula is C22H25NO4. The van der Waals surface area contributed by atoms with Crippen molar-refractivity contribution in [2.75, 3.05) is 6.61 Å². The molecule has 0 saturated heterocycles. The van der Waals surface area contributed by atoms with Gasteiger partial charge >= 0.3 is 5.97 Å². The van der Waals surface area contributed by atoms with Crippen LogP contribution in [0.2, 0.25) is 0 Å². The van der Waals surface area contributed by atoms with E-state index in [9.17, 15) is 9.90 Å². The average Bonchev–Trinajstić information content (AvgIpc) is 2.73. The molecule has 1 aliphatic carbocycles. The number of carboxylic acids is 1. The Hall–Kier alpha value is -2.53. The van der Waals surface area contributed by atoms with Crippen LogP contribution in [0.4, 0.5) is 0 Å². The number of benzene rings is 2. The van der Waals surface area contributed by atoms with Crippen molar-refractivity contribution in [2.24, 2.45) is 0 Å². The summed E-state index contributed by atoms with van der Waals surface area (Å²) in [4.78, 5) is 11.8. The molecule has 5 nitrogen and oxygen atoms in total. The summed E-state index contributed by atoms with van der Waals surface area (Å²) in [6, 6.07) is 15.8. The molecule has 0 spiro atoms. The summed E-state index contributed by atoms with van der Waals surface area (Å²) in [7, 11) is 0. The predicted molar refractivity (Wildman–Crippen MR) is 102 cm³/mol. The van der Waals surface area contributed by atoms with Gasteiger partial charge in [0.15, 0.2) is 17.6 Å². The minimum Gasteiger partial charge on any atom is -0.485 e. The number of aliphatic carboxylic acids is 1. The van der Waals surface area contributed by atoms with Crippen molar-refractivity contribution >= 4 is 5.97 Å². The molecule has 1 fully saturated rings. The van der Waals surface area contributed by atoms with Gasteiger partial charge in [0.05, 0.1) is 0 Å². The third-order valence-corrected chi connectivity index (χ3v) is 5.61. The predicted octanol–water partition coefficient (Wildman–Crippen LogP) is 4.08. The monoisotopic (exact) mass is 367 g/mol. The zero-order chi connectivity index (χ0) is 18.7. The van der Waals surface area contributed by atoms with Gasteiger partial charge in [-0.15, -0.1) is 0 Å². The van der Waals surface area contributed by atoms with Gasteiger partial charge in [-0.05, 0) is 36.1 Å². The minimum atomic E-state index is -0.777. The first-order chi connectivity index (χ1) is 13.2. The fraction of sp³-hybridized carbons (Fsp3) is 0.409. The van der Waals surface area contributed by atoms with Gasteiger partial charge in [-0.1, -0.05) is 55.7 Å². The van der Waals surface area contributed by atoms with Crippen LogP contribution < -0.4 is 14.8 Å². The van der Waals surface area contributed by atoms with E-state index >= 15 is 0 Å². The number of para-hydroxylation sites is 2. The van der Waals surface area contributed by atoms with E-state index in [0.717, 1.165) is 41.9 Å². The fourth-order valence-corrected chi connectivity index (χ4v) is 3.93. The Morgan fingerprint density at radius 2 is 1.74 bits per heavy atom. The quantitative estimate of drug-likeness (QED) is 0.834. The van der Waals surface area contributed by atoms with Gasteiger partial charge in [0, 0.05) is 6.54 Å². The van der Waals surface area contributed by atoms with Gasteiger partial charge in [-0.3, -0.25) is 10.1 Å². The molecule has 1 saturated carbocycles. The molecule has 0 aromatic heterocycles. The van der Waals surface area contributed by atoms with Gasteiger partial charge in [0.25, 0.3) is 0 Å². The lowest BCUT2D eigenvalue weighted by Crippen LogP contribution is -2.52. The van der Waals surface area contributed by atoms with Crippen LogP contribution in [0.1, 0.15) is 49.3 Å². The van der Waals surface area contributed by atoms with E-state index in [1.54, 1.807) is 0 Å². The molecule has 1 atom stereocenters. The average molecular weight is 367 g/mol.